The highest BCUT2D eigenvalue weighted by molar-refractivity contribution is 5.44. The van der Waals surface area contributed by atoms with Crippen LogP contribution in [0.5, 0.6) is 0 Å². The summed E-state index contributed by atoms with van der Waals surface area (Å²) >= 11 is 0. The summed E-state index contributed by atoms with van der Waals surface area (Å²) in [4.78, 5) is 10.7. The van der Waals surface area contributed by atoms with Crippen molar-refractivity contribution < 1.29 is 0 Å². The first-order valence-corrected chi connectivity index (χ1v) is 5.70. The molecule has 0 bridgehead atoms. The number of aryl methyl sites for hydroxylation is 1. The van der Waals surface area contributed by atoms with Crippen molar-refractivity contribution in [2.24, 2.45) is 0 Å². The third-order valence-corrected chi connectivity index (χ3v) is 3.05. The minimum absolute atomic E-state index is 0.523. The van der Waals surface area contributed by atoms with Gasteiger partial charge in [-0.25, -0.2) is 9.97 Å². The smallest absolute Gasteiger partial charge is 0.131 e. The Bertz CT molecular complexity index is 345. The molecule has 3 N–H and O–H groups in total. The van der Waals surface area contributed by atoms with Gasteiger partial charge in [-0.05, 0) is 33.4 Å². The van der Waals surface area contributed by atoms with E-state index in [0.717, 1.165) is 12.4 Å². The van der Waals surface area contributed by atoms with E-state index >= 15 is 0 Å². The highest BCUT2D eigenvalue weighted by Crippen LogP contribution is 2.15. The van der Waals surface area contributed by atoms with Crippen molar-refractivity contribution in [2.75, 3.05) is 31.2 Å². The highest BCUT2D eigenvalue weighted by atomic mass is 15.2. The SMILES string of the molecule is Cc1nc(N)cc(NCC2CCCN2C)n1. The van der Waals surface area contributed by atoms with Crippen LogP contribution in [0.4, 0.5) is 11.6 Å². The lowest BCUT2D eigenvalue weighted by Gasteiger charge is -2.20. The number of likely N-dealkylation sites (N-methyl/N-ethyl adjacent to an activating group) is 1. The predicted molar refractivity (Wildman–Crippen MR) is 65.3 cm³/mol. The van der Waals surface area contributed by atoms with Crippen LogP contribution < -0.4 is 11.1 Å². The zero-order valence-electron chi connectivity index (χ0n) is 9.90. The fourth-order valence-corrected chi connectivity index (χ4v) is 2.14. The first-order chi connectivity index (χ1) is 7.65. The molecule has 1 atom stereocenters. The van der Waals surface area contributed by atoms with E-state index < -0.39 is 0 Å². The maximum Gasteiger partial charge on any atom is 0.131 e. The molecule has 1 saturated heterocycles. The second kappa shape index (κ2) is 4.65. The van der Waals surface area contributed by atoms with Crippen LogP contribution in [0.15, 0.2) is 6.07 Å². The van der Waals surface area contributed by atoms with Crippen LogP contribution in [0.1, 0.15) is 18.7 Å². The molecular weight excluding hydrogens is 202 g/mol. The van der Waals surface area contributed by atoms with Crippen LogP contribution in [0.2, 0.25) is 0 Å². The summed E-state index contributed by atoms with van der Waals surface area (Å²) < 4.78 is 0. The monoisotopic (exact) mass is 221 g/mol. The van der Waals surface area contributed by atoms with Gasteiger partial charge in [-0.15, -0.1) is 0 Å². The van der Waals surface area contributed by atoms with Gasteiger partial charge in [-0.1, -0.05) is 0 Å². The van der Waals surface area contributed by atoms with Gasteiger partial charge in [0, 0.05) is 18.7 Å². The quantitative estimate of drug-likeness (QED) is 0.793. The molecule has 5 nitrogen and oxygen atoms in total. The number of hydrogen-bond acceptors (Lipinski definition) is 5. The zero-order chi connectivity index (χ0) is 11.5. The van der Waals surface area contributed by atoms with E-state index in [9.17, 15) is 0 Å². The zero-order valence-corrected chi connectivity index (χ0v) is 9.90. The third-order valence-electron chi connectivity index (χ3n) is 3.05. The Morgan fingerprint density at radius 1 is 1.56 bits per heavy atom. The number of nitrogen functional groups attached to an aromatic ring is 1. The Balaban J connectivity index is 1.94. The maximum absolute atomic E-state index is 5.67. The van der Waals surface area contributed by atoms with E-state index in [1.54, 1.807) is 6.07 Å². The number of likely N-dealkylation sites (tertiary alicyclic amines) is 1. The molecule has 1 aliphatic rings. The van der Waals surface area contributed by atoms with Crippen molar-refractivity contribution in [3.8, 4) is 0 Å². The molecule has 0 radical (unpaired) electrons. The van der Waals surface area contributed by atoms with E-state index in [0.29, 0.717) is 17.7 Å². The van der Waals surface area contributed by atoms with Crippen molar-refractivity contribution in [3.05, 3.63) is 11.9 Å². The van der Waals surface area contributed by atoms with Gasteiger partial charge >= 0.3 is 0 Å². The standard InChI is InChI=1S/C11H19N5/c1-8-14-10(12)6-11(15-8)13-7-9-4-3-5-16(9)2/h6,9H,3-5,7H2,1-2H3,(H3,12,13,14,15). The molecule has 16 heavy (non-hydrogen) atoms. The van der Waals surface area contributed by atoms with Crippen LogP contribution in [-0.2, 0) is 0 Å². The molecule has 0 saturated carbocycles. The van der Waals surface area contributed by atoms with Crippen LogP contribution in [0.3, 0.4) is 0 Å². The van der Waals surface area contributed by atoms with Gasteiger partial charge in [-0.2, -0.15) is 0 Å². The largest absolute Gasteiger partial charge is 0.384 e. The Labute approximate surface area is 96.1 Å². The van der Waals surface area contributed by atoms with Crippen LogP contribution >= 0.6 is 0 Å². The summed E-state index contributed by atoms with van der Waals surface area (Å²) in [5.74, 6) is 2.06. The Morgan fingerprint density at radius 3 is 3.00 bits per heavy atom. The lowest BCUT2D eigenvalue weighted by atomic mass is 10.2. The van der Waals surface area contributed by atoms with E-state index in [-0.39, 0.29) is 0 Å². The number of nitrogens with two attached hydrogens (primary N) is 1. The topological polar surface area (TPSA) is 67.1 Å². The predicted octanol–water partition coefficient (Wildman–Crippen LogP) is 0.873. The van der Waals surface area contributed by atoms with Gasteiger partial charge in [0.1, 0.15) is 17.5 Å². The summed E-state index contributed by atoms with van der Waals surface area (Å²) in [7, 11) is 2.17. The molecule has 2 heterocycles. The molecule has 88 valence electrons. The third kappa shape index (κ3) is 2.61. The molecule has 1 unspecified atom stereocenters. The van der Waals surface area contributed by atoms with Crippen molar-refractivity contribution >= 4 is 11.6 Å². The Kier molecular flexibility index (Phi) is 3.24. The van der Waals surface area contributed by atoms with Crippen LogP contribution in [-0.4, -0.2) is 41.0 Å². The summed E-state index contributed by atoms with van der Waals surface area (Å²) in [6, 6.07) is 2.39. The average molecular weight is 221 g/mol. The van der Waals surface area contributed by atoms with Crippen LogP contribution in [0.25, 0.3) is 0 Å². The summed E-state index contributed by atoms with van der Waals surface area (Å²) in [6.07, 6.45) is 2.54. The molecule has 1 aromatic heterocycles. The highest BCUT2D eigenvalue weighted by Gasteiger charge is 2.20. The van der Waals surface area contributed by atoms with Crippen LogP contribution in [0, 0.1) is 6.92 Å². The molecule has 1 fully saturated rings. The molecule has 5 heteroatoms. The first-order valence-electron chi connectivity index (χ1n) is 5.70. The second-order valence-corrected chi connectivity index (χ2v) is 4.38. The van der Waals surface area contributed by atoms with Crippen molar-refractivity contribution in [2.45, 2.75) is 25.8 Å². The van der Waals surface area contributed by atoms with E-state index in [1.807, 2.05) is 6.92 Å². The number of hydrogen-bond donors (Lipinski definition) is 2. The number of aromatic nitrogens is 2. The Morgan fingerprint density at radius 2 is 2.38 bits per heavy atom. The number of rotatable bonds is 3. The van der Waals surface area contributed by atoms with Gasteiger partial charge < -0.3 is 16.0 Å². The maximum atomic E-state index is 5.67. The van der Waals surface area contributed by atoms with E-state index in [1.165, 1.54) is 19.4 Å². The van der Waals surface area contributed by atoms with Crippen molar-refractivity contribution in [1.29, 1.82) is 0 Å². The minimum Gasteiger partial charge on any atom is -0.384 e. The first kappa shape index (κ1) is 11.1. The van der Waals surface area contributed by atoms with Gasteiger partial charge in [0.05, 0.1) is 0 Å². The van der Waals surface area contributed by atoms with Gasteiger partial charge in [0.25, 0.3) is 0 Å². The molecule has 0 spiro atoms. The average Bonchev–Trinajstić information content (AvgIpc) is 2.59. The molecular formula is C11H19N5. The number of nitrogens with one attached hydrogen (secondary N) is 1. The molecule has 2 rings (SSSR count). The van der Waals surface area contributed by atoms with E-state index in [2.05, 4.69) is 27.2 Å². The fraction of sp³-hybridized carbons (Fsp3) is 0.636. The normalized spacial score (nSPS) is 21.2. The lowest BCUT2D eigenvalue weighted by Crippen LogP contribution is -2.31. The molecule has 1 aliphatic heterocycles. The lowest BCUT2D eigenvalue weighted by molar-refractivity contribution is 0.322. The van der Waals surface area contributed by atoms with Gasteiger partial charge in [0.15, 0.2) is 0 Å². The second-order valence-electron chi connectivity index (χ2n) is 4.38. The summed E-state index contributed by atoms with van der Waals surface area (Å²) in [6.45, 7) is 3.97. The number of anilines is 2. The number of nitrogens with zero attached hydrogens (tertiary/aromatic N) is 3. The van der Waals surface area contributed by atoms with E-state index in [4.69, 9.17) is 5.73 Å². The molecule has 0 amide bonds. The van der Waals surface area contributed by atoms with Crippen molar-refractivity contribution in [1.82, 2.24) is 14.9 Å². The van der Waals surface area contributed by atoms with Gasteiger partial charge in [0.2, 0.25) is 0 Å². The summed E-state index contributed by atoms with van der Waals surface area (Å²) in [5.41, 5.74) is 5.67. The van der Waals surface area contributed by atoms with Gasteiger partial charge in [-0.3, -0.25) is 0 Å². The van der Waals surface area contributed by atoms with Crippen molar-refractivity contribution in [3.63, 3.8) is 0 Å². The minimum atomic E-state index is 0.523. The summed E-state index contributed by atoms with van der Waals surface area (Å²) in [5, 5.41) is 3.33. The molecule has 0 aliphatic carbocycles. The molecule has 1 aromatic rings. The fourth-order valence-electron chi connectivity index (χ4n) is 2.14. The Hall–Kier alpha value is -1.36. The molecule has 0 aromatic carbocycles.